The van der Waals surface area contributed by atoms with Gasteiger partial charge in [0, 0.05) is 38.2 Å². The predicted molar refractivity (Wildman–Crippen MR) is 136 cm³/mol. The maximum absolute atomic E-state index is 11.8. The van der Waals surface area contributed by atoms with Gasteiger partial charge in [0.05, 0.1) is 17.1 Å². The Morgan fingerprint density at radius 2 is 1.94 bits per heavy atom. The van der Waals surface area contributed by atoms with Gasteiger partial charge in [0.25, 0.3) is 0 Å². The minimum atomic E-state index is -3.21. The van der Waals surface area contributed by atoms with E-state index in [2.05, 4.69) is 34.8 Å². The smallest absolute Gasteiger partial charge is 0.191 e. The fourth-order valence-corrected chi connectivity index (χ4v) is 4.33. The van der Waals surface area contributed by atoms with Crippen molar-refractivity contribution in [2.45, 2.75) is 38.6 Å². The van der Waals surface area contributed by atoms with Gasteiger partial charge in [-0.25, -0.2) is 18.4 Å². The van der Waals surface area contributed by atoms with Crippen LogP contribution in [0.1, 0.15) is 29.3 Å². The number of pyridine rings is 1. The van der Waals surface area contributed by atoms with Crippen LogP contribution >= 0.6 is 24.0 Å². The lowest BCUT2D eigenvalue weighted by atomic mass is 10.1. The highest BCUT2D eigenvalue weighted by Gasteiger charge is 2.11. The average Bonchev–Trinajstić information content (AvgIpc) is 3.09. The highest BCUT2D eigenvalue weighted by molar-refractivity contribution is 14.0. The first-order valence-corrected chi connectivity index (χ1v) is 11.9. The average molecular weight is 555 g/mol. The topological polar surface area (TPSA) is 87.9 Å². The van der Waals surface area contributed by atoms with Gasteiger partial charge in [0.15, 0.2) is 15.8 Å². The standard InChI is InChI=1S/C22H29N5O2S.HI/c1-5-23-22(25-14-18-8-9-20(17(3)13-18)30(4,28)29)24-11-10-19-15-27-12-6-7-16(2)21(27)26-19;/h6-9,12-13,15H,5,10-11,14H2,1-4H3,(H2,23,24,25);1H. The molecule has 2 aromatic heterocycles. The number of halogens is 1. The summed E-state index contributed by atoms with van der Waals surface area (Å²) in [6.45, 7) is 7.82. The minimum Gasteiger partial charge on any atom is -0.357 e. The van der Waals surface area contributed by atoms with Crippen LogP contribution in [-0.2, 0) is 22.8 Å². The molecule has 0 atom stereocenters. The van der Waals surface area contributed by atoms with Crippen molar-refractivity contribution >= 4 is 45.4 Å². The van der Waals surface area contributed by atoms with E-state index in [1.807, 2.05) is 42.6 Å². The predicted octanol–water partition coefficient (Wildman–Crippen LogP) is 3.27. The number of sulfone groups is 1. The molecule has 31 heavy (non-hydrogen) atoms. The van der Waals surface area contributed by atoms with Crippen LogP contribution in [0.15, 0.2) is 52.6 Å². The highest BCUT2D eigenvalue weighted by atomic mass is 127. The number of rotatable bonds is 7. The Morgan fingerprint density at radius 1 is 1.16 bits per heavy atom. The molecular formula is C22H30IN5O2S. The Bertz CT molecular complexity index is 1170. The van der Waals surface area contributed by atoms with Crippen LogP contribution in [-0.4, -0.2) is 43.1 Å². The van der Waals surface area contributed by atoms with E-state index in [1.165, 1.54) is 6.26 Å². The summed E-state index contributed by atoms with van der Waals surface area (Å²) in [5.74, 6) is 0.724. The highest BCUT2D eigenvalue weighted by Crippen LogP contribution is 2.17. The van der Waals surface area contributed by atoms with Crippen molar-refractivity contribution in [2.24, 2.45) is 4.99 Å². The summed E-state index contributed by atoms with van der Waals surface area (Å²) in [4.78, 5) is 9.69. The molecule has 0 aliphatic heterocycles. The number of nitrogens with zero attached hydrogens (tertiary/aromatic N) is 3. The fraction of sp³-hybridized carbons (Fsp3) is 0.364. The van der Waals surface area contributed by atoms with Crippen molar-refractivity contribution < 1.29 is 8.42 Å². The van der Waals surface area contributed by atoms with E-state index >= 15 is 0 Å². The lowest BCUT2D eigenvalue weighted by Crippen LogP contribution is -2.38. The molecule has 7 nitrogen and oxygen atoms in total. The van der Waals surface area contributed by atoms with Crippen LogP contribution in [0.3, 0.4) is 0 Å². The van der Waals surface area contributed by atoms with Gasteiger partial charge in [-0.3, -0.25) is 0 Å². The molecule has 0 saturated carbocycles. The first-order chi connectivity index (χ1) is 14.3. The summed E-state index contributed by atoms with van der Waals surface area (Å²) in [6.07, 6.45) is 6.08. The monoisotopic (exact) mass is 555 g/mol. The van der Waals surface area contributed by atoms with Crippen molar-refractivity contribution in [3.63, 3.8) is 0 Å². The van der Waals surface area contributed by atoms with Crippen LogP contribution < -0.4 is 10.6 Å². The third-order valence-electron chi connectivity index (χ3n) is 4.80. The van der Waals surface area contributed by atoms with E-state index < -0.39 is 9.84 Å². The van der Waals surface area contributed by atoms with Crippen molar-refractivity contribution in [3.05, 3.63) is 65.1 Å². The normalized spacial score (nSPS) is 11.9. The Balaban J connectivity index is 0.00000341. The zero-order valence-electron chi connectivity index (χ0n) is 18.3. The van der Waals surface area contributed by atoms with E-state index in [0.717, 1.165) is 47.0 Å². The van der Waals surface area contributed by atoms with Crippen molar-refractivity contribution in [1.82, 2.24) is 20.0 Å². The third-order valence-corrected chi connectivity index (χ3v) is 6.06. The molecule has 0 saturated heterocycles. The van der Waals surface area contributed by atoms with Gasteiger partial charge in [-0.15, -0.1) is 24.0 Å². The molecule has 9 heteroatoms. The molecule has 2 heterocycles. The molecule has 0 fully saturated rings. The maximum Gasteiger partial charge on any atom is 0.191 e. The molecule has 0 radical (unpaired) electrons. The van der Waals surface area contributed by atoms with Gasteiger partial charge in [-0.2, -0.15) is 0 Å². The lowest BCUT2D eigenvalue weighted by molar-refractivity contribution is 0.601. The number of hydrogen-bond acceptors (Lipinski definition) is 4. The molecule has 0 bridgehead atoms. The summed E-state index contributed by atoms with van der Waals surface area (Å²) in [6, 6.07) is 9.43. The Morgan fingerprint density at radius 3 is 2.58 bits per heavy atom. The minimum absolute atomic E-state index is 0. The number of guanidine groups is 1. The van der Waals surface area contributed by atoms with Crippen molar-refractivity contribution in [1.29, 1.82) is 0 Å². The second kappa shape index (κ2) is 10.9. The molecule has 1 aromatic carbocycles. The number of aliphatic imine (C=N–C) groups is 1. The van der Waals surface area contributed by atoms with Crippen molar-refractivity contribution in [2.75, 3.05) is 19.3 Å². The van der Waals surface area contributed by atoms with E-state index in [9.17, 15) is 8.42 Å². The third kappa shape index (κ3) is 6.67. The molecule has 2 N–H and O–H groups in total. The van der Waals surface area contributed by atoms with Gasteiger partial charge in [-0.1, -0.05) is 18.2 Å². The van der Waals surface area contributed by atoms with Crippen LogP contribution in [0, 0.1) is 13.8 Å². The first kappa shape index (κ1) is 25.1. The van der Waals surface area contributed by atoms with Gasteiger partial charge in [0.1, 0.15) is 5.65 Å². The summed E-state index contributed by atoms with van der Waals surface area (Å²) in [5, 5.41) is 6.58. The molecule has 3 rings (SSSR count). The van der Waals surface area contributed by atoms with Gasteiger partial charge < -0.3 is 15.0 Å². The Kier molecular flexibility index (Phi) is 8.87. The number of hydrogen-bond donors (Lipinski definition) is 2. The summed E-state index contributed by atoms with van der Waals surface area (Å²) < 4.78 is 25.6. The quantitative estimate of drug-likeness (QED) is 0.266. The van der Waals surface area contributed by atoms with Gasteiger partial charge >= 0.3 is 0 Å². The van der Waals surface area contributed by atoms with Crippen molar-refractivity contribution in [3.8, 4) is 0 Å². The molecular weight excluding hydrogens is 525 g/mol. The van der Waals surface area contributed by atoms with Gasteiger partial charge in [-0.05, 0) is 49.6 Å². The summed E-state index contributed by atoms with van der Waals surface area (Å²) in [5.41, 5.74) is 4.88. The van der Waals surface area contributed by atoms with E-state index in [4.69, 9.17) is 4.98 Å². The largest absolute Gasteiger partial charge is 0.357 e. The molecule has 0 aliphatic rings. The Labute approximate surface area is 201 Å². The molecule has 0 unspecified atom stereocenters. The molecule has 168 valence electrons. The molecule has 0 amide bonds. The van der Waals surface area contributed by atoms with Crippen LogP contribution in [0.25, 0.3) is 5.65 Å². The van der Waals surface area contributed by atoms with E-state index in [0.29, 0.717) is 18.0 Å². The SMILES string of the molecule is CCNC(=NCc1ccc(S(C)(=O)=O)c(C)c1)NCCc1cn2cccc(C)c2n1.I. The molecule has 0 aliphatic carbocycles. The van der Waals surface area contributed by atoms with Crippen LogP contribution in [0.5, 0.6) is 0 Å². The summed E-state index contributed by atoms with van der Waals surface area (Å²) in [7, 11) is -3.21. The molecule has 0 spiro atoms. The van der Waals surface area contributed by atoms with E-state index in [-0.39, 0.29) is 24.0 Å². The lowest BCUT2D eigenvalue weighted by Gasteiger charge is -2.11. The fourth-order valence-electron chi connectivity index (χ4n) is 3.37. The summed E-state index contributed by atoms with van der Waals surface area (Å²) >= 11 is 0. The first-order valence-electron chi connectivity index (χ1n) is 10.0. The van der Waals surface area contributed by atoms with Crippen LogP contribution in [0.2, 0.25) is 0 Å². The second-order valence-corrected chi connectivity index (χ2v) is 9.38. The number of aryl methyl sites for hydroxylation is 2. The zero-order chi connectivity index (χ0) is 21.7. The second-order valence-electron chi connectivity index (χ2n) is 7.40. The Hall–Kier alpha value is -2.14. The number of imidazole rings is 1. The number of nitrogens with one attached hydrogen (secondary N) is 2. The maximum atomic E-state index is 11.8. The van der Waals surface area contributed by atoms with E-state index in [1.54, 1.807) is 6.07 Å². The van der Waals surface area contributed by atoms with Gasteiger partial charge in [0.2, 0.25) is 0 Å². The number of benzene rings is 1. The van der Waals surface area contributed by atoms with Crippen LogP contribution in [0.4, 0.5) is 0 Å². The zero-order valence-corrected chi connectivity index (χ0v) is 21.5. The number of aromatic nitrogens is 2. The molecule has 3 aromatic rings. The number of fused-ring (bicyclic) bond motifs is 1.